The van der Waals surface area contributed by atoms with Gasteiger partial charge in [0.25, 0.3) is 0 Å². The van der Waals surface area contributed by atoms with Crippen LogP contribution in [0.4, 0.5) is 23.7 Å². The van der Waals surface area contributed by atoms with Crippen LogP contribution in [-0.2, 0) is 6.54 Å². The highest BCUT2D eigenvalue weighted by molar-refractivity contribution is 5.89. The van der Waals surface area contributed by atoms with E-state index in [0.29, 0.717) is 18.0 Å². The minimum Gasteiger partial charge on any atom is -0.494 e. The van der Waals surface area contributed by atoms with Crippen molar-refractivity contribution in [3.05, 3.63) is 54.1 Å². The highest BCUT2D eigenvalue weighted by Gasteiger charge is 2.30. The molecule has 0 bridgehead atoms. The molecule has 0 atom stereocenters. The standard InChI is InChI=1S/C17H17F3N2O3/c1-2-24-15-6-4-3-5-12(15)11-21-16(23)22-13-7-9-14(10-8-13)25-17(18,19)20/h3-10H,2,11H2,1H3,(H2,21,22,23). The lowest BCUT2D eigenvalue weighted by Gasteiger charge is -2.12. The Morgan fingerprint density at radius 3 is 2.40 bits per heavy atom. The molecular formula is C17H17F3N2O3. The van der Waals surface area contributed by atoms with Crippen LogP contribution >= 0.6 is 0 Å². The molecule has 2 rings (SSSR count). The Morgan fingerprint density at radius 2 is 1.76 bits per heavy atom. The third kappa shape index (κ3) is 6.25. The van der Waals surface area contributed by atoms with Crippen LogP contribution in [0.15, 0.2) is 48.5 Å². The van der Waals surface area contributed by atoms with E-state index in [4.69, 9.17) is 4.74 Å². The maximum absolute atomic E-state index is 12.1. The van der Waals surface area contributed by atoms with Gasteiger partial charge in [0.1, 0.15) is 11.5 Å². The number of anilines is 1. The predicted molar refractivity (Wildman–Crippen MR) is 86.6 cm³/mol. The summed E-state index contributed by atoms with van der Waals surface area (Å²) in [5, 5.41) is 5.18. The van der Waals surface area contributed by atoms with Gasteiger partial charge in [-0.2, -0.15) is 0 Å². The molecule has 2 amide bonds. The van der Waals surface area contributed by atoms with Crippen LogP contribution in [0.25, 0.3) is 0 Å². The molecule has 0 aliphatic rings. The molecule has 0 radical (unpaired) electrons. The Labute approximate surface area is 142 Å². The number of nitrogens with one attached hydrogen (secondary N) is 2. The van der Waals surface area contributed by atoms with Crippen molar-refractivity contribution < 1.29 is 27.4 Å². The topological polar surface area (TPSA) is 59.6 Å². The van der Waals surface area contributed by atoms with E-state index in [2.05, 4.69) is 15.4 Å². The Bertz CT molecular complexity index is 703. The first kappa shape index (κ1) is 18.4. The van der Waals surface area contributed by atoms with E-state index in [1.165, 1.54) is 12.1 Å². The molecule has 2 aromatic rings. The summed E-state index contributed by atoms with van der Waals surface area (Å²) in [6.45, 7) is 2.62. The quantitative estimate of drug-likeness (QED) is 0.813. The van der Waals surface area contributed by atoms with Crippen molar-refractivity contribution in [2.24, 2.45) is 0 Å². The molecule has 0 aromatic heterocycles. The summed E-state index contributed by atoms with van der Waals surface area (Å²) < 4.78 is 45.5. The fraction of sp³-hybridized carbons (Fsp3) is 0.235. The Morgan fingerprint density at radius 1 is 1.08 bits per heavy atom. The minimum atomic E-state index is -4.75. The lowest BCUT2D eigenvalue weighted by atomic mass is 10.2. The van der Waals surface area contributed by atoms with Gasteiger partial charge in [0.15, 0.2) is 0 Å². The number of para-hydroxylation sites is 1. The number of hydrogen-bond donors (Lipinski definition) is 2. The van der Waals surface area contributed by atoms with Gasteiger partial charge in [-0.05, 0) is 37.3 Å². The average molecular weight is 354 g/mol. The third-order valence-electron chi connectivity index (χ3n) is 3.06. The summed E-state index contributed by atoms with van der Waals surface area (Å²) in [5.41, 5.74) is 1.15. The summed E-state index contributed by atoms with van der Waals surface area (Å²) in [6.07, 6.45) is -4.75. The first-order chi connectivity index (χ1) is 11.9. The number of carbonyl (C=O) groups excluding carboxylic acids is 1. The normalized spacial score (nSPS) is 10.9. The molecule has 25 heavy (non-hydrogen) atoms. The van der Waals surface area contributed by atoms with Gasteiger partial charge in [0.2, 0.25) is 0 Å². The van der Waals surface area contributed by atoms with Crippen molar-refractivity contribution in [2.75, 3.05) is 11.9 Å². The predicted octanol–water partition coefficient (Wildman–Crippen LogP) is 4.31. The van der Waals surface area contributed by atoms with E-state index in [1.54, 1.807) is 6.07 Å². The molecule has 0 aliphatic heterocycles. The van der Waals surface area contributed by atoms with Gasteiger partial charge >= 0.3 is 12.4 Å². The molecule has 2 N–H and O–H groups in total. The van der Waals surface area contributed by atoms with Crippen molar-refractivity contribution >= 4 is 11.7 Å². The first-order valence-corrected chi connectivity index (χ1v) is 7.49. The van der Waals surface area contributed by atoms with Gasteiger partial charge in [0, 0.05) is 17.8 Å². The zero-order valence-corrected chi connectivity index (χ0v) is 13.4. The molecule has 0 spiro atoms. The molecule has 0 saturated carbocycles. The van der Waals surface area contributed by atoms with Gasteiger partial charge in [-0.25, -0.2) is 4.79 Å². The highest BCUT2D eigenvalue weighted by Crippen LogP contribution is 2.24. The molecule has 0 heterocycles. The fourth-order valence-corrected chi connectivity index (χ4v) is 2.04. The van der Waals surface area contributed by atoms with Crippen LogP contribution in [0.3, 0.4) is 0 Å². The van der Waals surface area contributed by atoms with Gasteiger partial charge in [-0.3, -0.25) is 0 Å². The second-order valence-electron chi connectivity index (χ2n) is 4.92. The van der Waals surface area contributed by atoms with E-state index in [9.17, 15) is 18.0 Å². The van der Waals surface area contributed by atoms with Gasteiger partial charge < -0.3 is 20.1 Å². The number of carbonyl (C=O) groups is 1. The number of alkyl halides is 3. The molecular weight excluding hydrogens is 337 g/mol. The van der Waals surface area contributed by atoms with Gasteiger partial charge in [-0.1, -0.05) is 18.2 Å². The molecule has 0 saturated heterocycles. The lowest BCUT2D eigenvalue weighted by molar-refractivity contribution is -0.274. The van der Waals surface area contributed by atoms with Crippen LogP contribution in [0.2, 0.25) is 0 Å². The van der Waals surface area contributed by atoms with Crippen LogP contribution in [0, 0.1) is 0 Å². The lowest BCUT2D eigenvalue weighted by Crippen LogP contribution is -2.28. The highest BCUT2D eigenvalue weighted by atomic mass is 19.4. The zero-order valence-electron chi connectivity index (χ0n) is 13.4. The fourth-order valence-electron chi connectivity index (χ4n) is 2.04. The van der Waals surface area contributed by atoms with Gasteiger partial charge in [-0.15, -0.1) is 13.2 Å². The number of hydrogen-bond acceptors (Lipinski definition) is 3. The molecule has 0 fully saturated rings. The second-order valence-corrected chi connectivity index (χ2v) is 4.92. The largest absolute Gasteiger partial charge is 0.573 e. The van der Waals surface area contributed by atoms with E-state index in [0.717, 1.165) is 17.7 Å². The smallest absolute Gasteiger partial charge is 0.494 e. The average Bonchev–Trinajstić information content (AvgIpc) is 2.55. The summed E-state index contributed by atoms with van der Waals surface area (Å²) in [5.74, 6) is 0.322. The van der Waals surface area contributed by atoms with Crippen molar-refractivity contribution in [1.29, 1.82) is 0 Å². The monoisotopic (exact) mass is 354 g/mol. The number of benzene rings is 2. The van der Waals surface area contributed by atoms with Crippen molar-refractivity contribution in [1.82, 2.24) is 5.32 Å². The summed E-state index contributed by atoms with van der Waals surface area (Å²) in [6, 6.07) is 11.7. The van der Waals surface area contributed by atoms with Crippen molar-refractivity contribution in [3.8, 4) is 11.5 Å². The summed E-state index contributed by atoms with van der Waals surface area (Å²) >= 11 is 0. The summed E-state index contributed by atoms with van der Waals surface area (Å²) in [4.78, 5) is 11.9. The molecule has 0 unspecified atom stereocenters. The Kier molecular flexibility index (Phi) is 6.10. The maximum Gasteiger partial charge on any atom is 0.573 e. The number of ether oxygens (including phenoxy) is 2. The zero-order chi connectivity index (χ0) is 18.3. The molecule has 0 aliphatic carbocycles. The minimum absolute atomic E-state index is 0.247. The van der Waals surface area contributed by atoms with E-state index in [1.807, 2.05) is 25.1 Å². The number of halogens is 3. The molecule has 134 valence electrons. The second kappa shape index (κ2) is 8.27. The van der Waals surface area contributed by atoms with E-state index < -0.39 is 12.4 Å². The Hall–Kier alpha value is -2.90. The number of amides is 2. The Balaban J connectivity index is 1.88. The number of rotatable bonds is 6. The molecule has 8 heteroatoms. The number of urea groups is 1. The first-order valence-electron chi connectivity index (χ1n) is 7.49. The van der Waals surface area contributed by atoms with Crippen LogP contribution in [0.1, 0.15) is 12.5 Å². The maximum atomic E-state index is 12.1. The van der Waals surface area contributed by atoms with Crippen LogP contribution < -0.4 is 20.1 Å². The molecule has 2 aromatic carbocycles. The van der Waals surface area contributed by atoms with E-state index >= 15 is 0 Å². The van der Waals surface area contributed by atoms with Crippen LogP contribution in [-0.4, -0.2) is 19.0 Å². The van der Waals surface area contributed by atoms with Gasteiger partial charge in [0.05, 0.1) is 6.61 Å². The van der Waals surface area contributed by atoms with Crippen LogP contribution in [0.5, 0.6) is 11.5 Å². The van der Waals surface area contributed by atoms with Crippen molar-refractivity contribution in [3.63, 3.8) is 0 Å². The molecule has 5 nitrogen and oxygen atoms in total. The van der Waals surface area contributed by atoms with Crippen molar-refractivity contribution in [2.45, 2.75) is 19.8 Å². The SMILES string of the molecule is CCOc1ccccc1CNC(=O)Nc1ccc(OC(F)(F)F)cc1. The summed E-state index contributed by atoms with van der Waals surface area (Å²) in [7, 11) is 0. The third-order valence-corrected chi connectivity index (χ3v) is 3.06. The van der Waals surface area contributed by atoms with E-state index in [-0.39, 0.29) is 12.3 Å².